The van der Waals surface area contributed by atoms with E-state index in [4.69, 9.17) is 0 Å². The van der Waals surface area contributed by atoms with Crippen molar-refractivity contribution in [1.29, 1.82) is 0 Å². The predicted molar refractivity (Wildman–Crippen MR) is 71.8 cm³/mol. The molecule has 1 N–H and O–H groups in total. The van der Waals surface area contributed by atoms with Crippen molar-refractivity contribution < 1.29 is 0 Å². The molecule has 0 saturated heterocycles. The minimum atomic E-state index is 0.786. The number of nitrogens with one attached hydrogen (secondary N) is 1. The molecule has 0 aliphatic heterocycles. The second-order valence-corrected chi connectivity index (χ2v) is 5.93. The lowest BCUT2D eigenvalue weighted by Gasteiger charge is -2.20. The third kappa shape index (κ3) is 3.33. The fourth-order valence-electron chi connectivity index (χ4n) is 2.76. The molecule has 90 valence electrons. The van der Waals surface area contributed by atoms with Crippen LogP contribution in [0.3, 0.4) is 0 Å². The van der Waals surface area contributed by atoms with Gasteiger partial charge in [0.2, 0.25) is 0 Å². The molecule has 2 unspecified atom stereocenters. The van der Waals surface area contributed by atoms with Gasteiger partial charge in [-0.25, -0.2) is 0 Å². The van der Waals surface area contributed by atoms with Crippen LogP contribution in [0.15, 0.2) is 17.5 Å². The Labute approximate surface area is 103 Å². The number of hydrogen-bond acceptors (Lipinski definition) is 2. The second-order valence-electron chi connectivity index (χ2n) is 4.90. The fraction of sp³-hybridized carbons (Fsp3) is 0.714. The molecule has 16 heavy (non-hydrogen) atoms. The highest BCUT2D eigenvalue weighted by atomic mass is 32.1. The van der Waals surface area contributed by atoms with Gasteiger partial charge < -0.3 is 5.32 Å². The van der Waals surface area contributed by atoms with Gasteiger partial charge in [0.05, 0.1) is 0 Å². The molecule has 1 aromatic heterocycles. The molecule has 0 radical (unpaired) electrons. The first-order valence-electron chi connectivity index (χ1n) is 6.66. The monoisotopic (exact) mass is 237 g/mol. The topological polar surface area (TPSA) is 12.0 Å². The third-order valence-electron chi connectivity index (χ3n) is 3.71. The molecule has 0 spiro atoms. The molecule has 1 heterocycles. The average Bonchev–Trinajstić information content (AvgIpc) is 2.94. The van der Waals surface area contributed by atoms with Crippen molar-refractivity contribution in [3.63, 3.8) is 0 Å². The Morgan fingerprint density at radius 3 is 3.12 bits per heavy atom. The molecule has 1 saturated carbocycles. The SMILES string of the molecule is CCCCC1CCCC1NCc1cccs1. The molecule has 2 rings (SSSR count). The summed E-state index contributed by atoms with van der Waals surface area (Å²) in [5.74, 6) is 0.944. The van der Waals surface area contributed by atoms with Crippen LogP contribution in [0.4, 0.5) is 0 Å². The maximum absolute atomic E-state index is 3.75. The van der Waals surface area contributed by atoms with Crippen LogP contribution in [-0.4, -0.2) is 6.04 Å². The van der Waals surface area contributed by atoms with E-state index in [-0.39, 0.29) is 0 Å². The number of rotatable bonds is 6. The van der Waals surface area contributed by atoms with E-state index in [9.17, 15) is 0 Å². The quantitative estimate of drug-likeness (QED) is 0.782. The zero-order chi connectivity index (χ0) is 11.2. The Kier molecular flexibility index (Phi) is 4.86. The van der Waals surface area contributed by atoms with Crippen LogP contribution >= 0.6 is 11.3 Å². The normalized spacial score (nSPS) is 25.1. The van der Waals surface area contributed by atoms with Gasteiger partial charge in [-0.3, -0.25) is 0 Å². The van der Waals surface area contributed by atoms with Crippen molar-refractivity contribution in [2.45, 2.75) is 58.0 Å². The van der Waals surface area contributed by atoms with E-state index in [0.29, 0.717) is 0 Å². The summed E-state index contributed by atoms with van der Waals surface area (Å²) in [6.45, 7) is 3.37. The molecule has 1 aromatic rings. The summed E-state index contributed by atoms with van der Waals surface area (Å²) in [7, 11) is 0. The third-order valence-corrected chi connectivity index (χ3v) is 4.58. The van der Waals surface area contributed by atoms with E-state index in [2.05, 4.69) is 29.8 Å². The van der Waals surface area contributed by atoms with Gasteiger partial charge in [0.25, 0.3) is 0 Å². The molecule has 1 nitrogen and oxygen atoms in total. The molecule has 1 aliphatic rings. The summed E-state index contributed by atoms with van der Waals surface area (Å²) in [6.07, 6.45) is 8.44. The minimum Gasteiger partial charge on any atom is -0.309 e. The number of unbranched alkanes of at least 4 members (excludes halogenated alkanes) is 1. The molecule has 1 aliphatic carbocycles. The molecular formula is C14H23NS. The highest BCUT2D eigenvalue weighted by Gasteiger charge is 2.25. The zero-order valence-corrected chi connectivity index (χ0v) is 11.1. The van der Waals surface area contributed by atoms with Gasteiger partial charge in [-0.1, -0.05) is 32.3 Å². The van der Waals surface area contributed by atoms with E-state index in [1.807, 2.05) is 11.3 Å². The molecular weight excluding hydrogens is 214 g/mol. The lowest BCUT2D eigenvalue weighted by molar-refractivity contribution is 0.369. The van der Waals surface area contributed by atoms with Crippen LogP contribution in [0.2, 0.25) is 0 Å². The van der Waals surface area contributed by atoms with Crippen LogP contribution in [-0.2, 0) is 6.54 Å². The first kappa shape index (κ1) is 12.1. The van der Waals surface area contributed by atoms with Crippen LogP contribution < -0.4 is 5.32 Å². The minimum absolute atomic E-state index is 0.786. The van der Waals surface area contributed by atoms with Crippen molar-refractivity contribution in [3.05, 3.63) is 22.4 Å². The Bertz CT molecular complexity index is 281. The maximum Gasteiger partial charge on any atom is 0.0302 e. The van der Waals surface area contributed by atoms with Crippen molar-refractivity contribution in [3.8, 4) is 0 Å². The van der Waals surface area contributed by atoms with Crippen molar-refractivity contribution in [2.24, 2.45) is 5.92 Å². The van der Waals surface area contributed by atoms with E-state index in [1.165, 1.54) is 43.4 Å². The molecule has 2 heteroatoms. The summed E-state index contributed by atoms with van der Waals surface area (Å²) in [6, 6.07) is 5.16. The van der Waals surface area contributed by atoms with E-state index in [1.54, 1.807) is 0 Å². The van der Waals surface area contributed by atoms with Crippen LogP contribution in [0.1, 0.15) is 50.3 Å². The average molecular weight is 237 g/mol. The van der Waals surface area contributed by atoms with E-state index in [0.717, 1.165) is 18.5 Å². The van der Waals surface area contributed by atoms with Gasteiger partial charge in [-0.05, 0) is 36.6 Å². The van der Waals surface area contributed by atoms with Crippen molar-refractivity contribution in [1.82, 2.24) is 5.32 Å². The Hall–Kier alpha value is -0.340. The lowest BCUT2D eigenvalue weighted by atomic mass is 9.97. The first-order valence-corrected chi connectivity index (χ1v) is 7.54. The molecule has 1 fully saturated rings. The first-order chi connectivity index (χ1) is 7.90. The van der Waals surface area contributed by atoms with Gasteiger partial charge in [-0.15, -0.1) is 11.3 Å². The summed E-state index contributed by atoms with van der Waals surface area (Å²) < 4.78 is 0. The van der Waals surface area contributed by atoms with Crippen molar-refractivity contribution >= 4 is 11.3 Å². The predicted octanol–water partition coefficient (Wildman–Crippen LogP) is 4.20. The Morgan fingerprint density at radius 2 is 2.38 bits per heavy atom. The van der Waals surface area contributed by atoms with E-state index >= 15 is 0 Å². The smallest absolute Gasteiger partial charge is 0.0302 e. The molecule has 0 amide bonds. The Balaban J connectivity index is 1.75. The fourth-order valence-corrected chi connectivity index (χ4v) is 3.42. The second kappa shape index (κ2) is 6.41. The summed E-state index contributed by atoms with van der Waals surface area (Å²) in [5.41, 5.74) is 0. The number of hydrogen-bond donors (Lipinski definition) is 1. The number of thiophene rings is 1. The molecule has 2 atom stereocenters. The Morgan fingerprint density at radius 1 is 1.44 bits per heavy atom. The van der Waals surface area contributed by atoms with Gasteiger partial charge in [0.15, 0.2) is 0 Å². The zero-order valence-electron chi connectivity index (χ0n) is 10.2. The lowest BCUT2D eigenvalue weighted by Crippen LogP contribution is -2.31. The molecule has 0 bridgehead atoms. The summed E-state index contributed by atoms with van der Waals surface area (Å²) >= 11 is 1.86. The highest BCUT2D eigenvalue weighted by molar-refractivity contribution is 7.09. The van der Waals surface area contributed by atoms with Gasteiger partial charge in [-0.2, -0.15) is 0 Å². The van der Waals surface area contributed by atoms with Crippen LogP contribution in [0.5, 0.6) is 0 Å². The van der Waals surface area contributed by atoms with Gasteiger partial charge in [0, 0.05) is 17.5 Å². The van der Waals surface area contributed by atoms with Crippen LogP contribution in [0.25, 0.3) is 0 Å². The van der Waals surface area contributed by atoms with Gasteiger partial charge in [0.1, 0.15) is 0 Å². The van der Waals surface area contributed by atoms with Gasteiger partial charge >= 0.3 is 0 Å². The highest BCUT2D eigenvalue weighted by Crippen LogP contribution is 2.30. The van der Waals surface area contributed by atoms with E-state index < -0.39 is 0 Å². The standard InChI is InChI=1S/C14H23NS/c1-2-3-6-12-7-4-9-14(12)15-11-13-8-5-10-16-13/h5,8,10,12,14-15H,2-4,6-7,9,11H2,1H3. The van der Waals surface area contributed by atoms with Crippen LogP contribution in [0, 0.1) is 5.92 Å². The molecule has 0 aromatic carbocycles. The largest absolute Gasteiger partial charge is 0.309 e. The summed E-state index contributed by atoms with van der Waals surface area (Å²) in [5, 5.41) is 5.92. The maximum atomic E-state index is 3.75. The van der Waals surface area contributed by atoms with Crippen molar-refractivity contribution in [2.75, 3.05) is 0 Å². The summed E-state index contributed by atoms with van der Waals surface area (Å²) in [4.78, 5) is 1.47.